The monoisotopic (exact) mass is 226 g/mol. The zero-order valence-corrected chi connectivity index (χ0v) is 9.27. The summed E-state index contributed by atoms with van der Waals surface area (Å²) < 4.78 is 0. The molecule has 0 heterocycles. The molecule has 0 aromatic heterocycles. The maximum atomic E-state index is 11.0. The molecule has 0 saturated carbocycles. The molecule has 2 aromatic carbocycles. The maximum absolute atomic E-state index is 11.0. The highest BCUT2D eigenvalue weighted by Gasteiger charge is 2.34. The number of carboxylic acid groups (broad SMARTS) is 1. The predicted molar refractivity (Wildman–Crippen MR) is 63.3 cm³/mol. The number of carboxylic acids is 1. The molecular weight excluding hydrogens is 214 g/mol. The Hall–Kier alpha value is -1.87. The second-order valence-corrected chi connectivity index (χ2v) is 4.77. The van der Waals surface area contributed by atoms with E-state index in [-0.39, 0.29) is 0 Å². The minimum Gasteiger partial charge on any atom is -0.548 e. The van der Waals surface area contributed by atoms with Crippen molar-refractivity contribution in [1.29, 1.82) is 0 Å². The van der Waals surface area contributed by atoms with Crippen molar-refractivity contribution in [3.63, 3.8) is 0 Å². The SMILES string of the molecule is NC1(C(=O)[O-])Cc2cc3ccccc3cc2C1. The number of benzene rings is 2. The van der Waals surface area contributed by atoms with Crippen LogP contribution in [0.25, 0.3) is 10.8 Å². The fourth-order valence-corrected chi connectivity index (χ4v) is 2.55. The van der Waals surface area contributed by atoms with E-state index in [0.717, 1.165) is 21.9 Å². The molecule has 0 atom stereocenters. The lowest BCUT2D eigenvalue weighted by molar-refractivity contribution is -0.312. The lowest BCUT2D eigenvalue weighted by Gasteiger charge is -2.24. The Morgan fingerprint density at radius 1 is 1.12 bits per heavy atom. The molecule has 0 saturated heterocycles. The number of hydrogen-bond acceptors (Lipinski definition) is 3. The fourth-order valence-electron chi connectivity index (χ4n) is 2.55. The molecule has 0 bridgehead atoms. The highest BCUT2D eigenvalue weighted by molar-refractivity contribution is 5.86. The predicted octanol–water partition coefficient (Wildman–Crippen LogP) is 0.386. The average Bonchev–Trinajstić information content (AvgIpc) is 2.62. The van der Waals surface area contributed by atoms with Crippen molar-refractivity contribution in [2.45, 2.75) is 18.4 Å². The van der Waals surface area contributed by atoms with E-state index in [4.69, 9.17) is 5.73 Å². The van der Waals surface area contributed by atoms with Crippen molar-refractivity contribution in [2.75, 3.05) is 0 Å². The highest BCUT2D eigenvalue weighted by atomic mass is 16.4. The van der Waals surface area contributed by atoms with Crippen LogP contribution >= 0.6 is 0 Å². The number of aliphatic carboxylic acids is 1. The summed E-state index contributed by atoms with van der Waals surface area (Å²) in [6.45, 7) is 0. The zero-order valence-electron chi connectivity index (χ0n) is 9.27. The molecule has 3 nitrogen and oxygen atoms in total. The average molecular weight is 226 g/mol. The number of rotatable bonds is 1. The summed E-state index contributed by atoms with van der Waals surface area (Å²) in [6, 6.07) is 12.0. The first kappa shape index (κ1) is 10.3. The summed E-state index contributed by atoms with van der Waals surface area (Å²) in [5.74, 6) is -1.17. The maximum Gasteiger partial charge on any atom is 0.0638 e. The molecule has 1 aliphatic rings. The van der Waals surface area contributed by atoms with E-state index in [1.807, 2.05) is 36.4 Å². The molecule has 0 radical (unpaired) electrons. The summed E-state index contributed by atoms with van der Waals surface area (Å²) in [5.41, 5.74) is 6.66. The second-order valence-electron chi connectivity index (χ2n) is 4.77. The molecule has 0 unspecified atom stereocenters. The Bertz CT molecular complexity index is 574. The standard InChI is InChI=1S/C14H13NO2/c15-14(13(16)17)7-11-5-9-3-1-2-4-10(9)6-12(11)8-14/h1-6H,7-8,15H2,(H,16,17)/p-1. The van der Waals surface area contributed by atoms with E-state index in [9.17, 15) is 9.90 Å². The second kappa shape index (κ2) is 3.31. The van der Waals surface area contributed by atoms with E-state index in [1.54, 1.807) is 0 Å². The van der Waals surface area contributed by atoms with Crippen LogP contribution in [0.4, 0.5) is 0 Å². The minimum absolute atomic E-state index is 0.357. The van der Waals surface area contributed by atoms with Crippen LogP contribution in [0.3, 0.4) is 0 Å². The molecule has 0 amide bonds. The van der Waals surface area contributed by atoms with Gasteiger partial charge in [-0.3, -0.25) is 0 Å². The first-order chi connectivity index (χ1) is 8.08. The summed E-state index contributed by atoms with van der Waals surface area (Å²) in [6.07, 6.45) is 0.713. The van der Waals surface area contributed by atoms with Crippen LogP contribution < -0.4 is 10.8 Å². The quantitative estimate of drug-likeness (QED) is 0.764. The molecule has 86 valence electrons. The smallest absolute Gasteiger partial charge is 0.0638 e. The van der Waals surface area contributed by atoms with E-state index < -0.39 is 11.5 Å². The van der Waals surface area contributed by atoms with Gasteiger partial charge in [-0.05, 0) is 34.7 Å². The Balaban J connectivity index is 2.14. The molecule has 17 heavy (non-hydrogen) atoms. The molecule has 3 rings (SSSR count). The number of hydrogen-bond donors (Lipinski definition) is 1. The summed E-state index contributed by atoms with van der Waals surface area (Å²) in [4.78, 5) is 11.0. The summed E-state index contributed by atoms with van der Waals surface area (Å²) in [5, 5.41) is 13.3. The van der Waals surface area contributed by atoms with Crippen LogP contribution in [0.2, 0.25) is 0 Å². The van der Waals surface area contributed by atoms with Crippen molar-refractivity contribution < 1.29 is 9.90 Å². The van der Waals surface area contributed by atoms with Gasteiger partial charge in [-0.1, -0.05) is 36.4 Å². The van der Waals surface area contributed by atoms with Gasteiger partial charge in [0, 0.05) is 0 Å². The zero-order chi connectivity index (χ0) is 12.0. The molecule has 3 heteroatoms. The van der Waals surface area contributed by atoms with Gasteiger partial charge < -0.3 is 15.6 Å². The van der Waals surface area contributed by atoms with Crippen LogP contribution in [0.5, 0.6) is 0 Å². The Labute approximate surface area is 98.9 Å². The van der Waals surface area contributed by atoms with E-state index in [2.05, 4.69) is 0 Å². The molecule has 1 aliphatic carbocycles. The third kappa shape index (κ3) is 1.51. The largest absolute Gasteiger partial charge is 0.548 e. The van der Waals surface area contributed by atoms with Crippen molar-refractivity contribution in [2.24, 2.45) is 5.73 Å². The topological polar surface area (TPSA) is 66.2 Å². The van der Waals surface area contributed by atoms with E-state index in [0.29, 0.717) is 12.8 Å². The van der Waals surface area contributed by atoms with Crippen LogP contribution in [0.1, 0.15) is 11.1 Å². The summed E-state index contributed by atoms with van der Waals surface area (Å²) in [7, 11) is 0. The first-order valence-electron chi connectivity index (χ1n) is 5.59. The highest BCUT2D eigenvalue weighted by Crippen LogP contribution is 2.31. The van der Waals surface area contributed by atoms with Crippen LogP contribution in [0.15, 0.2) is 36.4 Å². The first-order valence-corrected chi connectivity index (χ1v) is 5.59. The third-order valence-electron chi connectivity index (χ3n) is 3.49. The molecule has 0 fully saturated rings. The van der Waals surface area contributed by atoms with Crippen LogP contribution in [-0.4, -0.2) is 11.5 Å². The van der Waals surface area contributed by atoms with E-state index >= 15 is 0 Å². The lowest BCUT2D eigenvalue weighted by Crippen LogP contribution is -2.56. The van der Waals surface area contributed by atoms with Gasteiger partial charge in [0.2, 0.25) is 0 Å². The van der Waals surface area contributed by atoms with Crippen molar-refractivity contribution in [3.05, 3.63) is 47.5 Å². The Kier molecular flexibility index (Phi) is 2.00. The van der Waals surface area contributed by atoms with Crippen molar-refractivity contribution in [3.8, 4) is 0 Å². The van der Waals surface area contributed by atoms with Crippen LogP contribution in [-0.2, 0) is 17.6 Å². The van der Waals surface area contributed by atoms with Crippen molar-refractivity contribution in [1.82, 2.24) is 0 Å². The number of carbonyl (C=O) groups is 1. The van der Waals surface area contributed by atoms with Gasteiger partial charge in [0.15, 0.2) is 0 Å². The number of nitrogens with two attached hydrogens (primary N) is 1. The number of carbonyl (C=O) groups excluding carboxylic acids is 1. The normalized spacial score (nSPS) is 17.0. The molecule has 0 aliphatic heterocycles. The van der Waals surface area contributed by atoms with Gasteiger partial charge in [0.05, 0.1) is 11.5 Å². The fraction of sp³-hybridized carbons (Fsp3) is 0.214. The van der Waals surface area contributed by atoms with Gasteiger partial charge in [-0.25, -0.2) is 0 Å². The van der Waals surface area contributed by atoms with Gasteiger partial charge in [-0.2, -0.15) is 0 Å². The summed E-state index contributed by atoms with van der Waals surface area (Å²) >= 11 is 0. The number of fused-ring (bicyclic) bond motifs is 2. The van der Waals surface area contributed by atoms with Gasteiger partial charge in [-0.15, -0.1) is 0 Å². The molecule has 0 spiro atoms. The lowest BCUT2D eigenvalue weighted by atomic mass is 9.98. The van der Waals surface area contributed by atoms with Gasteiger partial charge in [0.25, 0.3) is 0 Å². The van der Waals surface area contributed by atoms with E-state index in [1.165, 1.54) is 0 Å². The minimum atomic E-state index is -1.24. The molecule has 2 aromatic rings. The van der Waals surface area contributed by atoms with Gasteiger partial charge >= 0.3 is 0 Å². The Morgan fingerprint density at radius 3 is 2.00 bits per heavy atom. The molecular formula is C14H12NO2-. The van der Waals surface area contributed by atoms with Crippen molar-refractivity contribution >= 4 is 16.7 Å². The van der Waals surface area contributed by atoms with Gasteiger partial charge in [0.1, 0.15) is 0 Å². The third-order valence-corrected chi connectivity index (χ3v) is 3.49. The molecule has 2 N–H and O–H groups in total. The Morgan fingerprint density at radius 2 is 1.59 bits per heavy atom. The van der Waals surface area contributed by atoms with Crippen LogP contribution in [0, 0.1) is 0 Å².